The monoisotopic (exact) mass is 287 g/mol. The lowest BCUT2D eigenvalue weighted by molar-refractivity contribution is -0.139. The van der Waals surface area contributed by atoms with Crippen LogP contribution < -0.4 is 5.01 Å². The number of ether oxygens (including phenoxy) is 1. The predicted molar refractivity (Wildman–Crippen MR) is 79.8 cm³/mol. The van der Waals surface area contributed by atoms with E-state index in [2.05, 4.69) is 9.84 Å². The molecule has 1 aliphatic heterocycles. The molecule has 0 atom stereocenters. The first kappa shape index (κ1) is 14.8. The molecule has 1 heterocycles. The fourth-order valence-corrected chi connectivity index (χ4v) is 1.93. The van der Waals surface area contributed by atoms with Gasteiger partial charge >= 0.3 is 5.97 Å². The second-order valence-electron chi connectivity index (χ2n) is 4.76. The van der Waals surface area contributed by atoms with Crippen LogP contribution in [0.25, 0.3) is 0 Å². The molecule has 0 N–H and O–H groups in total. The van der Waals surface area contributed by atoms with Crippen molar-refractivity contribution in [2.24, 2.45) is 5.10 Å². The van der Waals surface area contributed by atoms with E-state index in [-0.39, 0.29) is 12.3 Å². The van der Waals surface area contributed by atoms with E-state index in [1.165, 1.54) is 12.1 Å². The second kappa shape index (κ2) is 6.21. The lowest BCUT2D eigenvalue weighted by Gasteiger charge is -2.11. The molecule has 1 aromatic carbocycles. The van der Waals surface area contributed by atoms with Crippen LogP contribution in [-0.2, 0) is 14.3 Å². The lowest BCUT2D eigenvalue weighted by Crippen LogP contribution is -2.23. The van der Waals surface area contributed by atoms with Gasteiger partial charge in [-0.05, 0) is 12.1 Å². The normalized spacial score (nSPS) is 16.1. The van der Waals surface area contributed by atoms with Gasteiger partial charge in [-0.25, -0.2) is 0 Å². The predicted octanol–water partition coefficient (Wildman–Crippen LogP) is 1.40. The van der Waals surface area contributed by atoms with Gasteiger partial charge in [0.2, 0.25) is 0 Å². The Hall–Kier alpha value is -2.63. The number of nitrogens with zero attached hydrogens (tertiary/aromatic N) is 3. The van der Waals surface area contributed by atoms with Crippen LogP contribution in [0, 0.1) is 0 Å². The molecule has 2 rings (SSSR count). The molecular weight excluding hydrogens is 270 g/mol. The van der Waals surface area contributed by atoms with Crippen LogP contribution in [-0.4, -0.2) is 43.7 Å². The fourth-order valence-electron chi connectivity index (χ4n) is 1.93. The zero-order valence-electron chi connectivity index (χ0n) is 12.2. The number of hydrazone groups is 1. The summed E-state index contributed by atoms with van der Waals surface area (Å²) in [7, 11) is 4.92. The van der Waals surface area contributed by atoms with E-state index in [9.17, 15) is 9.59 Å². The van der Waals surface area contributed by atoms with Crippen molar-refractivity contribution in [3.63, 3.8) is 0 Å². The Labute approximate surface area is 123 Å². The molecule has 1 amide bonds. The summed E-state index contributed by atoms with van der Waals surface area (Å²) >= 11 is 0. The molecule has 0 saturated heterocycles. The first-order valence-electron chi connectivity index (χ1n) is 6.45. The average Bonchev–Trinajstić information content (AvgIpc) is 2.76. The van der Waals surface area contributed by atoms with Crippen molar-refractivity contribution < 1.29 is 14.3 Å². The van der Waals surface area contributed by atoms with Crippen molar-refractivity contribution in [1.29, 1.82) is 0 Å². The summed E-state index contributed by atoms with van der Waals surface area (Å²) in [6, 6.07) is 9.09. The molecule has 6 heteroatoms. The number of benzene rings is 1. The number of anilines is 1. The van der Waals surface area contributed by atoms with Crippen LogP contribution in [0.4, 0.5) is 5.69 Å². The van der Waals surface area contributed by atoms with Gasteiger partial charge < -0.3 is 9.64 Å². The Morgan fingerprint density at radius 2 is 2.00 bits per heavy atom. The van der Waals surface area contributed by atoms with Gasteiger partial charge in [-0.3, -0.25) is 9.59 Å². The first-order chi connectivity index (χ1) is 10.0. The number of methoxy groups -OCH3 is 1. The number of esters is 1. The van der Waals surface area contributed by atoms with E-state index < -0.39 is 5.97 Å². The van der Waals surface area contributed by atoms with E-state index in [4.69, 9.17) is 0 Å². The number of carbonyl (C=O) groups excluding carboxylic acids is 2. The van der Waals surface area contributed by atoms with Crippen LogP contribution in [0.2, 0.25) is 0 Å². The van der Waals surface area contributed by atoms with Crippen LogP contribution in [0.15, 0.2) is 47.2 Å². The third kappa shape index (κ3) is 3.28. The smallest absolute Gasteiger partial charge is 0.311 e. The minimum atomic E-state index is -0.430. The van der Waals surface area contributed by atoms with Gasteiger partial charge in [0.05, 0.1) is 30.5 Å². The van der Waals surface area contributed by atoms with Gasteiger partial charge in [0, 0.05) is 20.3 Å². The molecule has 0 spiro atoms. The fraction of sp³-hybridized carbons (Fsp3) is 0.267. The number of para-hydroxylation sites is 1. The van der Waals surface area contributed by atoms with Gasteiger partial charge in [-0.2, -0.15) is 10.1 Å². The summed E-state index contributed by atoms with van der Waals surface area (Å²) in [4.78, 5) is 25.7. The lowest BCUT2D eigenvalue weighted by atomic mass is 10.1. The highest BCUT2D eigenvalue weighted by atomic mass is 16.5. The van der Waals surface area contributed by atoms with Crippen molar-refractivity contribution >= 4 is 23.3 Å². The van der Waals surface area contributed by atoms with E-state index in [1.807, 2.05) is 18.2 Å². The average molecular weight is 287 g/mol. The maximum atomic E-state index is 12.5. The molecule has 0 bridgehead atoms. The second-order valence-corrected chi connectivity index (χ2v) is 4.76. The quantitative estimate of drug-likeness (QED) is 0.620. The van der Waals surface area contributed by atoms with Gasteiger partial charge in [-0.1, -0.05) is 18.2 Å². The number of carbonyl (C=O) groups is 2. The van der Waals surface area contributed by atoms with E-state index in [0.29, 0.717) is 17.0 Å². The maximum absolute atomic E-state index is 12.5. The summed E-state index contributed by atoms with van der Waals surface area (Å²) in [5.41, 5.74) is 1.46. The first-order valence-corrected chi connectivity index (χ1v) is 6.45. The number of hydrogen-bond acceptors (Lipinski definition) is 5. The summed E-state index contributed by atoms with van der Waals surface area (Å²) < 4.78 is 4.65. The Morgan fingerprint density at radius 1 is 1.33 bits per heavy atom. The van der Waals surface area contributed by atoms with Crippen molar-refractivity contribution in [3.8, 4) is 0 Å². The van der Waals surface area contributed by atoms with Crippen LogP contribution in [0.5, 0.6) is 0 Å². The zero-order chi connectivity index (χ0) is 15.4. The van der Waals surface area contributed by atoms with Crippen LogP contribution >= 0.6 is 0 Å². The van der Waals surface area contributed by atoms with Gasteiger partial charge in [0.15, 0.2) is 0 Å². The number of hydrogen-bond donors (Lipinski definition) is 0. The third-order valence-electron chi connectivity index (χ3n) is 2.88. The highest BCUT2D eigenvalue weighted by molar-refractivity contribution is 6.32. The zero-order valence-corrected chi connectivity index (χ0v) is 12.2. The minimum absolute atomic E-state index is 0.0365. The largest absolute Gasteiger partial charge is 0.469 e. The highest BCUT2D eigenvalue weighted by Gasteiger charge is 2.32. The molecule has 0 aliphatic carbocycles. The summed E-state index contributed by atoms with van der Waals surface area (Å²) in [6.07, 6.45) is 1.62. The van der Waals surface area contributed by atoms with Crippen molar-refractivity contribution in [3.05, 3.63) is 42.1 Å². The summed E-state index contributed by atoms with van der Waals surface area (Å²) in [5, 5.41) is 5.57. The number of amides is 1. The minimum Gasteiger partial charge on any atom is -0.469 e. The van der Waals surface area contributed by atoms with E-state index >= 15 is 0 Å². The van der Waals surface area contributed by atoms with Crippen LogP contribution in [0.1, 0.15) is 6.42 Å². The Balaban J connectivity index is 2.37. The molecular formula is C15H17N3O3. The Morgan fingerprint density at radius 3 is 2.57 bits per heavy atom. The SMILES string of the molecule is COC(=O)CC1=NN(c2ccccc2)C(=O)/C1=C/N(C)C. The third-order valence-corrected chi connectivity index (χ3v) is 2.88. The Kier molecular flexibility index (Phi) is 4.37. The number of rotatable bonds is 4. The molecule has 0 radical (unpaired) electrons. The Bertz CT molecular complexity index is 606. The molecule has 1 aliphatic rings. The highest BCUT2D eigenvalue weighted by Crippen LogP contribution is 2.24. The van der Waals surface area contributed by atoms with Gasteiger partial charge in [0.1, 0.15) is 0 Å². The van der Waals surface area contributed by atoms with Crippen molar-refractivity contribution in [2.75, 3.05) is 26.2 Å². The maximum Gasteiger partial charge on any atom is 0.311 e. The topological polar surface area (TPSA) is 62.2 Å². The standard InChI is InChI=1S/C15H17N3O3/c1-17(2)10-12-13(9-14(19)21-3)16-18(15(12)20)11-7-5-4-6-8-11/h4-8,10H,9H2,1-3H3/b12-10+. The van der Waals surface area contributed by atoms with Crippen molar-refractivity contribution in [2.45, 2.75) is 6.42 Å². The molecule has 0 unspecified atom stereocenters. The molecule has 0 fully saturated rings. The van der Waals surface area contributed by atoms with E-state index in [1.54, 1.807) is 37.3 Å². The van der Waals surface area contributed by atoms with Gasteiger partial charge in [0.25, 0.3) is 5.91 Å². The molecule has 6 nitrogen and oxygen atoms in total. The molecule has 110 valence electrons. The van der Waals surface area contributed by atoms with Crippen molar-refractivity contribution in [1.82, 2.24) is 4.90 Å². The molecule has 1 aromatic rings. The molecule has 0 aromatic heterocycles. The molecule has 0 saturated carbocycles. The van der Waals surface area contributed by atoms with E-state index in [0.717, 1.165) is 0 Å². The summed E-state index contributed by atoms with van der Waals surface area (Å²) in [5.74, 6) is -0.685. The summed E-state index contributed by atoms with van der Waals surface area (Å²) in [6.45, 7) is 0. The van der Waals surface area contributed by atoms with Gasteiger partial charge in [-0.15, -0.1) is 0 Å². The molecule has 21 heavy (non-hydrogen) atoms. The van der Waals surface area contributed by atoms with Crippen LogP contribution in [0.3, 0.4) is 0 Å².